The second-order valence-electron chi connectivity index (χ2n) is 8.47. The van der Waals surface area contributed by atoms with E-state index >= 15 is 0 Å². The summed E-state index contributed by atoms with van der Waals surface area (Å²) in [5, 5.41) is 0.478. The molecule has 0 fully saturated rings. The number of carbonyl (C=O) groups excluding carboxylic acids is 2. The summed E-state index contributed by atoms with van der Waals surface area (Å²) in [7, 11) is 1.37. The SMILES string of the molecule is CCC(CC)(c1ccc(C(=O)OC)cc1)c1ccc(OCC(=O)C(C)(C)C)c(Cl)c1. The van der Waals surface area contributed by atoms with Crippen molar-refractivity contribution in [3.05, 3.63) is 64.2 Å². The number of carbonyl (C=O) groups is 2. The molecule has 0 atom stereocenters. The molecule has 0 radical (unpaired) electrons. The molecule has 0 aromatic heterocycles. The van der Waals surface area contributed by atoms with Crippen molar-refractivity contribution in [2.45, 2.75) is 52.9 Å². The largest absolute Gasteiger partial charge is 0.484 e. The van der Waals surface area contributed by atoms with Gasteiger partial charge < -0.3 is 9.47 Å². The first-order valence-corrected chi connectivity index (χ1v) is 10.6. The molecule has 0 unspecified atom stereocenters. The van der Waals surface area contributed by atoms with Gasteiger partial charge in [-0.15, -0.1) is 0 Å². The summed E-state index contributed by atoms with van der Waals surface area (Å²) in [5.74, 6) is 0.166. The molecule has 2 aromatic carbocycles. The molecule has 4 nitrogen and oxygen atoms in total. The molecule has 0 heterocycles. The van der Waals surface area contributed by atoms with Crippen LogP contribution in [0, 0.1) is 5.41 Å². The average molecular weight is 431 g/mol. The standard InChI is InChI=1S/C25H31ClO4/c1-7-25(8-2,18-11-9-17(10-12-18)23(28)29-6)19-13-14-21(20(26)15-19)30-16-22(27)24(3,4)5/h9-15H,7-8,16H2,1-6H3. The van der Waals surface area contributed by atoms with Crippen molar-refractivity contribution in [2.24, 2.45) is 5.41 Å². The van der Waals surface area contributed by atoms with Gasteiger partial charge in [0.25, 0.3) is 0 Å². The third kappa shape index (κ3) is 5.04. The molecule has 0 aliphatic rings. The number of methoxy groups -OCH3 is 1. The van der Waals surface area contributed by atoms with Gasteiger partial charge in [0.15, 0.2) is 5.78 Å². The van der Waals surface area contributed by atoms with E-state index in [4.69, 9.17) is 21.1 Å². The van der Waals surface area contributed by atoms with Gasteiger partial charge >= 0.3 is 5.97 Å². The third-order valence-corrected chi connectivity index (χ3v) is 6.04. The van der Waals surface area contributed by atoms with E-state index < -0.39 is 5.41 Å². The molecule has 2 rings (SSSR count). The smallest absolute Gasteiger partial charge is 0.337 e. The van der Waals surface area contributed by atoms with Gasteiger partial charge in [-0.25, -0.2) is 4.79 Å². The first kappa shape index (κ1) is 23.9. The highest BCUT2D eigenvalue weighted by atomic mass is 35.5. The number of esters is 1. The normalized spacial score (nSPS) is 11.8. The average Bonchev–Trinajstić information content (AvgIpc) is 2.73. The molecule has 0 aliphatic heterocycles. The minimum absolute atomic E-state index is 0.00967. The molecule has 5 heteroatoms. The maximum atomic E-state index is 12.1. The molecule has 0 aliphatic carbocycles. The predicted molar refractivity (Wildman–Crippen MR) is 121 cm³/mol. The van der Waals surface area contributed by atoms with Crippen molar-refractivity contribution < 1.29 is 19.1 Å². The van der Waals surface area contributed by atoms with Crippen LogP contribution in [-0.4, -0.2) is 25.5 Å². The number of ether oxygens (including phenoxy) is 2. The van der Waals surface area contributed by atoms with Gasteiger partial charge in [0.05, 0.1) is 17.7 Å². The Bertz CT molecular complexity index is 890. The van der Waals surface area contributed by atoms with Crippen LogP contribution in [0.15, 0.2) is 42.5 Å². The van der Waals surface area contributed by atoms with Crippen LogP contribution in [-0.2, 0) is 14.9 Å². The number of benzene rings is 2. The monoisotopic (exact) mass is 430 g/mol. The van der Waals surface area contributed by atoms with Crippen molar-refractivity contribution in [1.29, 1.82) is 0 Å². The van der Waals surface area contributed by atoms with Crippen molar-refractivity contribution in [3.63, 3.8) is 0 Å². The Kier molecular flexibility index (Phi) is 7.70. The van der Waals surface area contributed by atoms with E-state index in [0.29, 0.717) is 16.3 Å². The second-order valence-corrected chi connectivity index (χ2v) is 8.87. The Balaban J connectivity index is 2.34. The Hall–Kier alpha value is -2.33. The lowest BCUT2D eigenvalue weighted by Crippen LogP contribution is -2.27. The highest BCUT2D eigenvalue weighted by Crippen LogP contribution is 2.41. The number of rotatable bonds is 8. The number of hydrogen-bond acceptors (Lipinski definition) is 4. The first-order valence-electron chi connectivity index (χ1n) is 10.2. The van der Waals surface area contributed by atoms with Gasteiger partial charge in [-0.3, -0.25) is 4.79 Å². The zero-order valence-electron chi connectivity index (χ0n) is 18.7. The van der Waals surface area contributed by atoms with Gasteiger partial charge in [0, 0.05) is 10.8 Å². The van der Waals surface area contributed by atoms with Gasteiger partial charge in [-0.1, -0.05) is 64.4 Å². The molecule has 0 saturated carbocycles. The summed E-state index contributed by atoms with van der Waals surface area (Å²) in [6, 6.07) is 13.3. The van der Waals surface area contributed by atoms with Crippen LogP contribution in [0.2, 0.25) is 5.02 Å². The lowest BCUT2D eigenvalue weighted by Gasteiger charge is -2.33. The minimum atomic E-state index is -0.456. The van der Waals surface area contributed by atoms with E-state index in [1.807, 2.05) is 51.1 Å². The number of ketones is 1. The van der Waals surface area contributed by atoms with Crippen molar-refractivity contribution in [3.8, 4) is 5.75 Å². The van der Waals surface area contributed by atoms with Gasteiger partial charge in [0.2, 0.25) is 0 Å². The molecule has 0 saturated heterocycles. The fourth-order valence-corrected chi connectivity index (χ4v) is 3.79. The van der Waals surface area contributed by atoms with E-state index in [0.717, 1.165) is 24.0 Å². The molecular weight excluding hydrogens is 400 g/mol. The van der Waals surface area contributed by atoms with Crippen LogP contribution in [0.3, 0.4) is 0 Å². The summed E-state index contributed by atoms with van der Waals surface area (Å²) in [4.78, 5) is 23.9. The van der Waals surface area contributed by atoms with E-state index in [-0.39, 0.29) is 23.8 Å². The van der Waals surface area contributed by atoms with Gasteiger partial charge in [-0.2, -0.15) is 0 Å². The first-order chi connectivity index (χ1) is 14.1. The lowest BCUT2D eigenvalue weighted by atomic mass is 9.70. The number of halogens is 1. The molecule has 30 heavy (non-hydrogen) atoms. The summed E-state index contributed by atoms with van der Waals surface area (Å²) in [6.45, 7) is 9.86. The quantitative estimate of drug-likeness (QED) is 0.466. The van der Waals surface area contributed by atoms with Crippen LogP contribution in [0.5, 0.6) is 5.75 Å². The predicted octanol–water partition coefficient (Wildman–Crippen LogP) is 6.23. The maximum absolute atomic E-state index is 12.1. The van der Waals surface area contributed by atoms with Crippen LogP contribution in [0.4, 0.5) is 0 Å². The zero-order chi connectivity index (χ0) is 22.5. The van der Waals surface area contributed by atoms with Crippen molar-refractivity contribution >= 4 is 23.4 Å². The topological polar surface area (TPSA) is 52.6 Å². The van der Waals surface area contributed by atoms with Gasteiger partial charge in [0.1, 0.15) is 12.4 Å². The van der Waals surface area contributed by atoms with Gasteiger partial charge in [-0.05, 0) is 48.2 Å². The highest BCUT2D eigenvalue weighted by molar-refractivity contribution is 6.32. The zero-order valence-corrected chi connectivity index (χ0v) is 19.4. The minimum Gasteiger partial charge on any atom is -0.484 e. The maximum Gasteiger partial charge on any atom is 0.337 e. The van der Waals surface area contributed by atoms with Crippen LogP contribution >= 0.6 is 11.6 Å². The number of hydrogen-bond donors (Lipinski definition) is 0. The Morgan fingerprint density at radius 3 is 1.97 bits per heavy atom. The summed E-state index contributed by atoms with van der Waals surface area (Å²) >= 11 is 6.52. The highest BCUT2D eigenvalue weighted by Gasteiger charge is 2.31. The molecule has 0 N–H and O–H groups in total. The van der Waals surface area contributed by atoms with Crippen LogP contribution in [0.25, 0.3) is 0 Å². The molecule has 2 aromatic rings. The summed E-state index contributed by atoms with van der Waals surface area (Å²) in [6.07, 6.45) is 1.72. The van der Waals surface area contributed by atoms with E-state index in [9.17, 15) is 9.59 Å². The molecule has 162 valence electrons. The van der Waals surface area contributed by atoms with Crippen molar-refractivity contribution in [2.75, 3.05) is 13.7 Å². The van der Waals surface area contributed by atoms with Crippen molar-refractivity contribution in [1.82, 2.24) is 0 Å². The molecule has 0 amide bonds. The Labute approximate surface area is 184 Å². The fraction of sp³-hybridized carbons (Fsp3) is 0.440. The van der Waals surface area contributed by atoms with E-state index in [1.54, 1.807) is 12.1 Å². The number of Topliss-reactive ketones (excluding diaryl/α,β-unsaturated/α-hetero) is 1. The molecular formula is C25H31ClO4. The molecule has 0 spiro atoms. The third-order valence-electron chi connectivity index (χ3n) is 5.75. The lowest BCUT2D eigenvalue weighted by molar-refractivity contribution is -0.128. The Morgan fingerprint density at radius 1 is 0.933 bits per heavy atom. The summed E-state index contributed by atoms with van der Waals surface area (Å²) < 4.78 is 10.5. The van der Waals surface area contributed by atoms with Crippen LogP contribution < -0.4 is 4.74 Å². The second kappa shape index (κ2) is 9.65. The van der Waals surface area contributed by atoms with Crippen LogP contribution in [0.1, 0.15) is 68.9 Å². The summed E-state index contributed by atoms with van der Waals surface area (Å²) in [5.41, 5.74) is 1.98. The van der Waals surface area contributed by atoms with E-state index in [2.05, 4.69) is 13.8 Å². The fourth-order valence-electron chi connectivity index (χ4n) is 3.55. The Morgan fingerprint density at radius 2 is 1.50 bits per heavy atom. The molecule has 0 bridgehead atoms. The van der Waals surface area contributed by atoms with E-state index in [1.165, 1.54) is 7.11 Å².